The van der Waals surface area contributed by atoms with Gasteiger partial charge < -0.3 is 0 Å². The molecule has 0 aliphatic heterocycles. The van der Waals surface area contributed by atoms with Gasteiger partial charge in [-0.3, -0.25) is 0 Å². The van der Waals surface area contributed by atoms with Gasteiger partial charge in [0.15, 0.2) is 0 Å². The number of allylic oxidation sites excluding steroid dienone is 4. The monoisotopic (exact) mass is 297 g/mol. The largest absolute Gasteiger partial charge is 0 e. The number of hydrogen-bond donors (Lipinski definition) is 0. The average molecular weight is 297 g/mol. The molecule has 1 aromatic rings. The molecule has 0 heterocycles. The maximum absolute atomic E-state index is 7.50. The van der Waals surface area contributed by atoms with E-state index in [4.69, 9.17) is 19.5 Å². The van der Waals surface area contributed by atoms with E-state index in [2.05, 4.69) is 67.9 Å². The molecule has 0 amide bonds. The first-order valence-electron chi connectivity index (χ1n) is 4.94. The standard InChI is InChI=1S/C12H12.2CO.Mn.NO/c1-3-7-11(8-4-1)12-9-5-2-6-10-12;2*1-2;;1-2/h1-9,12H,10H2;;;;/q;;;;+1/t12-;;;;/m1..../s1. The normalized spacial score (nSPS) is 13.7. The molecule has 1 atom stereocenters. The summed E-state index contributed by atoms with van der Waals surface area (Å²) in [5.41, 5.74) is 7.16. The van der Waals surface area contributed by atoms with Crippen molar-refractivity contribution in [1.29, 1.82) is 5.46 Å². The fourth-order valence-corrected chi connectivity index (χ4v) is 1.53. The van der Waals surface area contributed by atoms with E-state index < -0.39 is 0 Å². The first-order chi connectivity index (χ1) is 8.97. The van der Waals surface area contributed by atoms with E-state index in [9.17, 15) is 0 Å². The minimum Gasteiger partial charge on any atom is 0 e. The Morgan fingerprint density at radius 2 is 1.47 bits per heavy atom. The second-order valence-corrected chi connectivity index (χ2v) is 3.07. The summed E-state index contributed by atoms with van der Waals surface area (Å²) in [4.78, 5) is 0. The van der Waals surface area contributed by atoms with Gasteiger partial charge in [0, 0.05) is 23.0 Å². The Kier molecular flexibility index (Phi) is 22.2. The van der Waals surface area contributed by atoms with Gasteiger partial charge in [0.05, 0.1) is 0 Å². The fourth-order valence-electron chi connectivity index (χ4n) is 1.53. The first-order valence-corrected chi connectivity index (χ1v) is 4.94. The zero-order valence-electron chi connectivity index (χ0n) is 10.0. The molecule has 0 bridgehead atoms. The summed E-state index contributed by atoms with van der Waals surface area (Å²) < 4.78 is 22.2. The van der Waals surface area contributed by atoms with Crippen molar-refractivity contribution in [3.63, 3.8) is 0 Å². The molecule has 1 aliphatic rings. The van der Waals surface area contributed by atoms with Crippen LogP contribution in [0.3, 0.4) is 0 Å². The Morgan fingerprint density at radius 1 is 0.947 bits per heavy atom. The van der Waals surface area contributed by atoms with Crippen LogP contribution in [0.5, 0.6) is 0 Å². The summed E-state index contributed by atoms with van der Waals surface area (Å²) >= 11 is 0. The zero-order chi connectivity index (χ0) is 14.2. The Bertz CT molecular complexity index is 407. The third kappa shape index (κ3) is 10.0. The minimum atomic E-state index is 0. The van der Waals surface area contributed by atoms with E-state index in [0.717, 1.165) is 6.42 Å². The molecule has 0 aromatic heterocycles. The van der Waals surface area contributed by atoms with Crippen molar-refractivity contribution >= 4 is 0 Å². The van der Waals surface area contributed by atoms with Gasteiger partial charge in [-0.05, 0) is 12.0 Å². The minimum absolute atomic E-state index is 0. The molecule has 1 radical (unpaired) electrons. The average Bonchev–Trinajstić information content (AvgIpc) is 2.55. The van der Waals surface area contributed by atoms with Crippen LogP contribution in [-0.4, -0.2) is 0 Å². The Morgan fingerprint density at radius 3 is 1.89 bits per heavy atom. The molecule has 2 rings (SSSR count). The summed E-state index contributed by atoms with van der Waals surface area (Å²) in [6, 6.07) is 10.6. The predicted molar refractivity (Wildman–Crippen MR) is 62.4 cm³/mol. The van der Waals surface area contributed by atoms with Crippen molar-refractivity contribution in [2.45, 2.75) is 12.3 Å². The van der Waals surface area contributed by atoms with Crippen molar-refractivity contribution in [2.75, 3.05) is 0 Å². The van der Waals surface area contributed by atoms with Crippen molar-refractivity contribution in [3.8, 4) is 0 Å². The predicted octanol–water partition coefficient (Wildman–Crippen LogP) is 3.11. The van der Waals surface area contributed by atoms with Crippen LogP contribution in [0.15, 0.2) is 54.6 Å². The van der Waals surface area contributed by atoms with Crippen molar-refractivity contribution in [2.24, 2.45) is 0 Å². The molecule has 0 saturated carbocycles. The molecule has 5 heteroatoms. The van der Waals surface area contributed by atoms with Crippen LogP contribution in [0, 0.1) is 18.8 Å². The van der Waals surface area contributed by atoms with Crippen molar-refractivity contribution < 1.29 is 31.1 Å². The molecule has 1 aliphatic carbocycles. The third-order valence-corrected chi connectivity index (χ3v) is 2.21. The van der Waals surface area contributed by atoms with Gasteiger partial charge in [-0.1, -0.05) is 54.6 Å². The van der Waals surface area contributed by atoms with Crippen LogP contribution >= 0.6 is 0 Å². The zero-order valence-corrected chi connectivity index (χ0v) is 11.2. The Hall–Kier alpha value is -1.63. The van der Waals surface area contributed by atoms with Crippen LogP contribution in [0.4, 0.5) is 0 Å². The van der Waals surface area contributed by atoms with E-state index in [-0.39, 0.29) is 17.1 Å². The van der Waals surface area contributed by atoms with Crippen LogP contribution in [0.2, 0.25) is 0 Å². The number of hydrogen-bond acceptors (Lipinski definition) is 1. The molecule has 0 fully saturated rings. The summed E-state index contributed by atoms with van der Waals surface area (Å²) in [6.07, 6.45) is 9.86. The molecular weight excluding hydrogens is 285 g/mol. The Labute approximate surface area is 123 Å². The molecule has 97 valence electrons. The van der Waals surface area contributed by atoms with Crippen LogP contribution in [0.25, 0.3) is 0 Å². The van der Waals surface area contributed by atoms with Crippen LogP contribution < -0.4 is 0 Å². The van der Waals surface area contributed by atoms with Gasteiger partial charge in [-0.15, -0.1) is 0 Å². The fraction of sp³-hybridized carbons (Fsp3) is 0.143. The topological polar surface area (TPSA) is 83.5 Å². The van der Waals surface area contributed by atoms with Crippen LogP contribution in [-0.2, 0) is 31.1 Å². The third-order valence-electron chi connectivity index (χ3n) is 2.21. The van der Waals surface area contributed by atoms with Gasteiger partial charge in [-0.25, -0.2) is 0 Å². The quantitative estimate of drug-likeness (QED) is 0.445. The van der Waals surface area contributed by atoms with E-state index in [0.29, 0.717) is 5.92 Å². The van der Waals surface area contributed by atoms with Crippen LogP contribution in [0.1, 0.15) is 17.9 Å². The van der Waals surface area contributed by atoms with E-state index >= 15 is 0 Å². The van der Waals surface area contributed by atoms with Crippen molar-refractivity contribution in [3.05, 3.63) is 73.5 Å². The van der Waals surface area contributed by atoms with Crippen molar-refractivity contribution in [1.82, 2.24) is 0 Å². The second kappa shape index (κ2) is 18.7. The number of rotatable bonds is 1. The molecule has 0 saturated heterocycles. The van der Waals surface area contributed by atoms with Gasteiger partial charge in [0.2, 0.25) is 0 Å². The molecule has 0 N–H and O–H groups in total. The van der Waals surface area contributed by atoms with Gasteiger partial charge in [0.25, 0.3) is 0 Å². The number of nitrogens with zero attached hydrogens (tertiary/aromatic N) is 1. The van der Waals surface area contributed by atoms with E-state index in [1.165, 1.54) is 5.56 Å². The van der Waals surface area contributed by atoms with Gasteiger partial charge in [-0.2, -0.15) is 0 Å². The molecule has 0 unspecified atom stereocenters. The SMILES string of the molecule is C1=CC[C@H](c2ccccc2)C=C1.N#[O+].[C-]#[O+].[C-]#[O+].[Mn]. The molecular formula is C14H12MnNO3+. The Balaban J connectivity index is -0.000000325. The second-order valence-electron chi connectivity index (χ2n) is 3.07. The molecule has 19 heavy (non-hydrogen) atoms. The summed E-state index contributed by atoms with van der Waals surface area (Å²) in [5, 5.41) is 0. The maximum atomic E-state index is 7.50. The first kappa shape index (κ1) is 22.5. The van der Waals surface area contributed by atoms with E-state index in [1.807, 2.05) is 0 Å². The summed E-state index contributed by atoms with van der Waals surface area (Å²) in [7, 11) is 0. The van der Waals surface area contributed by atoms with Gasteiger partial charge in [0.1, 0.15) is 0 Å². The molecule has 1 aromatic carbocycles. The van der Waals surface area contributed by atoms with Gasteiger partial charge >= 0.3 is 32.8 Å². The smallest absolute Gasteiger partial charge is 0 e. The number of benzene rings is 1. The molecule has 0 spiro atoms. The molecule has 4 nitrogen and oxygen atoms in total. The summed E-state index contributed by atoms with van der Waals surface area (Å²) in [5.74, 6) is 0.594. The van der Waals surface area contributed by atoms with E-state index in [1.54, 1.807) is 0 Å². The maximum Gasteiger partial charge on any atom is 0 e. The summed E-state index contributed by atoms with van der Waals surface area (Å²) in [6.45, 7) is 9.00.